The Morgan fingerprint density at radius 1 is 0.967 bits per heavy atom. The molecule has 60 heavy (non-hydrogen) atoms. The molecule has 1 atom stereocenters. The van der Waals surface area contributed by atoms with Crippen molar-refractivity contribution in [1.29, 1.82) is 0 Å². The van der Waals surface area contributed by atoms with E-state index >= 15 is 0 Å². The van der Waals surface area contributed by atoms with Gasteiger partial charge in [-0.15, -0.1) is 10.2 Å². The van der Waals surface area contributed by atoms with Crippen LogP contribution in [0, 0.1) is 5.41 Å². The summed E-state index contributed by atoms with van der Waals surface area (Å²) >= 11 is 0. The first kappa shape index (κ1) is 44.1. The largest absolute Gasteiger partial charge is 1.00 e. The van der Waals surface area contributed by atoms with Crippen LogP contribution in [0.15, 0.2) is 42.7 Å². The molecule has 0 radical (unpaired) electrons. The van der Waals surface area contributed by atoms with Crippen LogP contribution >= 0.6 is 0 Å². The molecule has 1 aromatic carbocycles. The number of H-pyrrole nitrogens is 1. The van der Waals surface area contributed by atoms with Gasteiger partial charge in [0.2, 0.25) is 11.9 Å². The molecule has 15 heteroatoms. The molecule has 1 aliphatic carbocycles. The standard InChI is InChI=1S/C45H64N10O4.ClH/c1-55(2,3)20-22-59-24-23-58-21-15-41(57)47-16-8-4-5-10-39-42-36-25-38(35-9-6-7-11-40(35)56)51-52-43(36)50-37(42)14-19-54(39)44-48-28-33(29-49-44)32-12-17-53(18-13-32)34-26-45(27-34)30-46-31-45;/h6-7,9,11,25,28-29,32,34,39,46H,4-5,8,10,12-24,26-27,30-31H2,1-3H3,(H2-,47,50,51,52,56,57);1H/t39-;/m1./s1. The lowest BCUT2D eigenvalue weighted by Crippen LogP contribution is -3.00. The van der Waals surface area contributed by atoms with E-state index in [0.29, 0.717) is 62.0 Å². The number of para-hydroxylation sites is 1. The van der Waals surface area contributed by atoms with Crippen LogP contribution in [0.1, 0.15) is 86.6 Å². The first-order valence-corrected chi connectivity index (χ1v) is 22.1. The fourth-order valence-corrected chi connectivity index (χ4v) is 9.58. The van der Waals surface area contributed by atoms with E-state index in [1.807, 2.05) is 18.2 Å². The molecule has 3 aromatic heterocycles. The number of aromatic hydroxyl groups is 1. The number of likely N-dealkylation sites (N-methyl/N-ethyl adjacent to an activating group) is 1. The highest BCUT2D eigenvalue weighted by atomic mass is 35.5. The van der Waals surface area contributed by atoms with Gasteiger partial charge in [-0.2, -0.15) is 0 Å². The van der Waals surface area contributed by atoms with Crippen LogP contribution in [-0.2, 0) is 20.7 Å². The number of anilines is 1. The summed E-state index contributed by atoms with van der Waals surface area (Å²) in [4.78, 5) is 31.3. The minimum Gasteiger partial charge on any atom is -1.00 e. The van der Waals surface area contributed by atoms with Crippen LogP contribution in [0.2, 0.25) is 0 Å². The van der Waals surface area contributed by atoms with E-state index < -0.39 is 0 Å². The first-order valence-electron chi connectivity index (χ1n) is 22.1. The number of carbonyl (C=O) groups is 1. The molecule has 1 amide bonds. The van der Waals surface area contributed by atoms with Gasteiger partial charge < -0.3 is 56.9 Å². The Hall–Kier alpha value is -3.92. The van der Waals surface area contributed by atoms with E-state index in [2.05, 4.69) is 75.2 Å². The molecular weight excluding hydrogens is 780 g/mol. The molecule has 1 spiro atoms. The topological polar surface area (TPSA) is 154 Å². The molecule has 3 aliphatic heterocycles. The minimum absolute atomic E-state index is 0. The third-order valence-electron chi connectivity index (χ3n) is 13.2. The van der Waals surface area contributed by atoms with Crippen molar-refractivity contribution in [2.75, 3.05) is 98.3 Å². The predicted molar refractivity (Wildman–Crippen MR) is 229 cm³/mol. The Morgan fingerprint density at radius 2 is 1.72 bits per heavy atom. The monoisotopic (exact) mass is 844 g/mol. The second-order valence-corrected chi connectivity index (χ2v) is 18.5. The molecule has 6 heterocycles. The Bertz CT molecular complexity index is 2000. The second kappa shape index (κ2) is 19.9. The van der Waals surface area contributed by atoms with Crippen LogP contribution in [0.4, 0.5) is 5.95 Å². The van der Waals surface area contributed by atoms with Crippen molar-refractivity contribution >= 4 is 22.9 Å². The zero-order valence-electron chi connectivity index (χ0n) is 35.8. The number of likely N-dealkylation sites (tertiary alicyclic amines) is 1. The van der Waals surface area contributed by atoms with Gasteiger partial charge in [0.1, 0.15) is 12.3 Å². The molecule has 2 saturated heterocycles. The van der Waals surface area contributed by atoms with Crippen molar-refractivity contribution < 1.29 is 36.3 Å². The summed E-state index contributed by atoms with van der Waals surface area (Å²) in [5.41, 5.74) is 6.29. The van der Waals surface area contributed by atoms with Crippen molar-refractivity contribution in [1.82, 2.24) is 40.7 Å². The molecule has 4 N–H and O–H groups in total. The van der Waals surface area contributed by atoms with Gasteiger partial charge in [-0.05, 0) is 86.7 Å². The molecule has 14 nitrogen and oxygen atoms in total. The van der Waals surface area contributed by atoms with Gasteiger partial charge >= 0.3 is 0 Å². The number of aromatic nitrogens is 5. The number of benzene rings is 1. The summed E-state index contributed by atoms with van der Waals surface area (Å²) in [5.74, 6) is 1.46. The highest BCUT2D eigenvalue weighted by molar-refractivity contribution is 5.86. The van der Waals surface area contributed by atoms with Gasteiger partial charge in [0.15, 0.2) is 5.65 Å². The molecule has 4 aromatic rings. The van der Waals surface area contributed by atoms with Gasteiger partial charge in [-0.1, -0.05) is 25.0 Å². The number of phenolic OH excluding ortho intramolecular Hbond substituents is 1. The number of hydrogen-bond donors (Lipinski definition) is 4. The number of fused-ring (bicyclic) bond motifs is 3. The van der Waals surface area contributed by atoms with Gasteiger partial charge in [0, 0.05) is 79.7 Å². The first-order chi connectivity index (χ1) is 28.6. The van der Waals surface area contributed by atoms with E-state index in [1.54, 1.807) is 6.07 Å². The SMILES string of the molecule is C[N+](C)(C)CCOCCOCCC(=O)NCCCCC[C@@H]1c2c([nH]c3nnc(-c4ccccc4O)cc23)CCN1c1ncc(C2CCN(C3CC4(CNC4)C3)CC2)cn1.[Cl-]. The lowest BCUT2D eigenvalue weighted by molar-refractivity contribution is -0.870. The number of phenols is 1. The maximum atomic E-state index is 12.5. The summed E-state index contributed by atoms with van der Waals surface area (Å²) in [7, 11) is 6.43. The lowest BCUT2D eigenvalue weighted by Gasteiger charge is -2.58. The number of ether oxygens (including phenoxy) is 2. The molecule has 1 saturated carbocycles. The van der Waals surface area contributed by atoms with E-state index in [-0.39, 0.29) is 30.1 Å². The minimum atomic E-state index is 0. The highest BCUT2D eigenvalue weighted by Crippen LogP contribution is 2.48. The number of nitrogens with zero attached hydrogens (tertiary/aromatic N) is 7. The molecule has 326 valence electrons. The quantitative estimate of drug-likeness (QED) is 0.0810. The Labute approximate surface area is 361 Å². The maximum absolute atomic E-state index is 12.5. The summed E-state index contributed by atoms with van der Waals surface area (Å²) < 4.78 is 12.1. The summed E-state index contributed by atoms with van der Waals surface area (Å²) in [6.07, 6.45) is 14.1. The number of halogens is 1. The van der Waals surface area contributed by atoms with Gasteiger partial charge in [0.05, 0.1) is 59.3 Å². The number of carbonyl (C=O) groups excluding carboxylic acids is 1. The zero-order valence-corrected chi connectivity index (χ0v) is 36.6. The Morgan fingerprint density at radius 3 is 2.43 bits per heavy atom. The van der Waals surface area contributed by atoms with E-state index in [0.717, 1.165) is 98.6 Å². The maximum Gasteiger partial charge on any atom is 0.225 e. The van der Waals surface area contributed by atoms with Crippen LogP contribution < -0.4 is 27.9 Å². The number of unbranched alkanes of at least 4 members (excludes halogenated alkanes) is 2. The van der Waals surface area contributed by atoms with Crippen LogP contribution in [0.3, 0.4) is 0 Å². The number of rotatable bonds is 19. The van der Waals surface area contributed by atoms with E-state index in [1.165, 1.54) is 42.8 Å². The fourth-order valence-electron chi connectivity index (χ4n) is 9.58. The molecule has 0 unspecified atom stereocenters. The van der Waals surface area contributed by atoms with Crippen molar-refractivity contribution in [2.24, 2.45) is 5.41 Å². The third-order valence-corrected chi connectivity index (χ3v) is 13.2. The number of amides is 1. The van der Waals surface area contributed by atoms with Crippen molar-refractivity contribution in [3.05, 3.63) is 59.5 Å². The summed E-state index contributed by atoms with van der Waals surface area (Å²) in [6, 6.07) is 10.1. The summed E-state index contributed by atoms with van der Waals surface area (Å²) in [6.45, 7) is 9.26. The average molecular weight is 846 g/mol. The highest BCUT2D eigenvalue weighted by Gasteiger charge is 2.50. The second-order valence-electron chi connectivity index (χ2n) is 18.5. The predicted octanol–water partition coefficient (Wildman–Crippen LogP) is 1.97. The molecule has 8 rings (SSSR count). The number of nitrogens with one attached hydrogen (secondary N) is 3. The van der Waals surface area contributed by atoms with Crippen molar-refractivity contribution in [2.45, 2.75) is 82.2 Å². The number of hydrogen-bond acceptors (Lipinski definition) is 11. The van der Waals surface area contributed by atoms with Crippen LogP contribution in [-0.4, -0.2) is 145 Å². The van der Waals surface area contributed by atoms with E-state index in [4.69, 9.17) is 19.4 Å². The average Bonchev–Trinajstić information content (AvgIpc) is 3.57. The smallest absolute Gasteiger partial charge is 0.225 e. The zero-order chi connectivity index (χ0) is 40.8. The van der Waals surface area contributed by atoms with Gasteiger partial charge in [-0.25, -0.2) is 9.97 Å². The molecule has 0 bridgehead atoms. The fraction of sp³-hybridized carbons (Fsp3) is 0.622. The number of quaternary nitrogens is 1. The lowest BCUT2D eigenvalue weighted by atomic mass is 9.61. The Kier molecular flexibility index (Phi) is 14.6. The number of aromatic amines is 1. The molecular formula is C45H65ClN10O4. The van der Waals surface area contributed by atoms with Gasteiger partial charge in [0.25, 0.3) is 0 Å². The van der Waals surface area contributed by atoms with Gasteiger partial charge in [-0.3, -0.25) is 4.79 Å². The summed E-state index contributed by atoms with van der Waals surface area (Å²) in [5, 5.41) is 27.3. The molecule has 4 aliphatic rings. The van der Waals surface area contributed by atoms with Crippen molar-refractivity contribution in [3.8, 4) is 17.0 Å². The number of piperidine rings is 1. The van der Waals surface area contributed by atoms with Crippen LogP contribution in [0.25, 0.3) is 22.3 Å². The third kappa shape index (κ3) is 10.6. The Balaban J connectivity index is 0.00000544. The van der Waals surface area contributed by atoms with Crippen molar-refractivity contribution in [3.63, 3.8) is 0 Å². The molecule has 3 fully saturated rings. The normalized spacial score (nSPS) is 19.4. The van der Waals surface area contributed by atoms with Crippen LogP contribution in [0.5, 0.6) is 5.75 Å². The van der Waals surface area contributed by atoms with E-state index in [9.17, 15) is 9.90 Å².